The van der Waals surface area contributed by atoms with Gasteiger partial charge in [-0.15, -0.1) is 0 Å². The van der Waals surface area contributed by atoms with E-state index in [0.29, 0.717) is 24.8 Å². The van der Waals surface area contributed by atoms with E-state index in [1.54, 1.807) is 0 Å². The Kier molecular flexibility index (Phi) is 3.25. The molecule has 0 aliphatic carbocycles. The Balaban J connectivity index is 1.83. The quantitative estimate of drug-likeness (QED) is 0.789. The molecular weight excluding hydrogens is 236 g/mol. The molecule has 7 heteroatoms. The van der Waals surface area contributed by atoms with Crippen LogP contribution in [0.1, 0.15) is 32.5 Å². The van der Waals surface area contributed by atoms with Crippen molar-refractivity contribution >= 4 is 6.03 Å². The standard InChI is InChI=1S/C11H18N4O3/c1-11(2,3)9-13-8(18-14-9)4-12-10(17)15-5-7(16)6-15/h7,16H,4-6H2,1-3H3,(H,12,17). The summed E-state index contributed by atoms with van der Waals surface area (Å²) >= 11 is 0. The summed E-state index contributed by atoms with van der Waals surface area (Å²) in [6.45, 7) is 6.92. The molecule has 2 heterocycles. The number of urea groups is 1. The molecule has 0 radical (unpaired) electrons. The van der Waals surface area contributed by atoms with Crippen LogP contribution in [0.5, 0.6) is 0 Å². The fraction of sp³-hybridized carbons (Fsp3) is 0.727. The number of hydrogen-bond donors (Lipinski definition) is 2. The number of carbonyl (C=O) groups excluding carboxylic acids is 1. The zero-order chi connectivity index (χ0) is 13.3. The molecule has 1 aromatic rings. The topological polar surface area (TPSA) is 91.5 Å². The van der Waals surface area contributed by atoms with Crippen LogP contribution in [0, 0.1) is 0 Å². The van der Waals surface area contributed by atoms with Crippen molar-refractivity contribution in [3.63, 3.8) is 0 Å². The van der Waals surface area contributed by atoms with Gasteiger partial charge in [-0.25, -0.2) is 4.79 Å². The van der Waals surface area contributed by atoms with Gasteiger partial charge in [-0.2, -0.15) is 4.98 Å². The van der Waals surface area contributed by atoms with Crippen LogP contribution in [-0.2, 0) is 12.0 Å². The molecular formula is C11H18N4O3. The fourth-order valence-corrected chi connectivity index (χ4v) is 1.52. The van der Waals surface area contributed by atoms with Crippen molar-refractivity contribution < 1.29 is 14.4 Å². The number of rotatable bonds is 2. The van der Waals surface area contributed by atoms with Crippen LogP contribution >= 0.6 is 0 Å². The van der Waals surface area contributed by atoms with E-state index in [9.17, 15) is 4.79 Å². The maximum atomic E-state index is 11.6. The van der Waals surface area contributed by atoms with E-state index in [2.05, 4.69) is 15.5 Å². The summed E-state index contributed by atoms with van der Waals surface area (Å²) < 4.78 is 5.05. The number of aliphatic hydroxyl groups excluding tert-OH is 1. The van der Waals surface area contributed by atoms with E-state index in [4.69, 9.17) is 9.63 Å². The summed E-state index contributed by atoms with van der Waals surface area (Å²) in [5, 5.41) is 15.6. The van der Waals surface area contributed by atoms with Crippen LogP contribution in [0.3, 0.4) is 0 Å². The monoisotopic (exact) mass is 254 g/mol. The Morgan fingerprint density at radius 1 is 1.56 bits per heavy atom. The second-order valence-electron chi connectivity index (χ2n) is 5.48. The molecule has 0 spiro atoms. The lowest BCUT2D eigenvalue weighted by atomic mass is 9.96. The van der Waals surface area contributed by atoms with E-state index in [-0.39, 0.29) is 18.0 Å². The average Bonchev–Trinajstić information content (AvgIpc) is 2.69. The van der Waals surface area contributed by atoms with Crippen LogP contribution in [0.15, 0.2) is 4.52 Å². The van der Waals surface area contributed by atoms with Crippen molar-refractivity contribution in [3.8, 4) is 0 Å². The van der Waals surface area contributed by atoms with Gasteiger partial charge >= 0.3 is 6.03 Å². The van der Waals surface area contributed by atoms with Crippen molar-refractivity contribution in [2.24, 2.45) is 0 Å². The van der Waals surface area contributed by atoms with Gasteiger partial charge in [-0.3, -0.25) is 0 Å². The van der Waals surface area contributed by atoms with Crippen LogP contribution in [0.25, 0.3) is 0 Å². The van der Waals surface area contributed by atoms with Crippen molar-refractivity contribution in [1.82, 2.24) is 20.4 Å². The van der Waals surface area contributed by atoms with Crippen LogP contribution in [-0.4, -0.2) is 45.4 Å². The highest BCUT2D eigenvalue weighted by atomic mass is 16.5. The first kappa shape index (κ1) is 12.8. The minimum Gasteiger partial charge on any atom is -0.389 e. The van der Waals surface area contributed by atoms with Crippen molar-refractivity contribution in [3.05, 3.63) is 11.7 Å². The highest BCUT2D eigenvalue weighted by molar-refractivity contribution is 5.75. The number of likely N-dealkylation sites (tertiary alicyclic amines) is 1. The Morgan fingerprint density at radius 2 is 2.22 bits per heavy atom. The van der Waals surface area contributed by atoms with E-state index in [1.807, 2.05) is 20.8 Å². The zero-order valence-corrected chi connectivity index (χ0v) is 10.8. The molecule has 1 fully saturated rings. The van der Waals surface area contributed by atoms with Gasteiger partial charge in [0.15, 0.2) is 5.82 Å². The molecule has 100 valence electrons. The van der Waals surface area contributed by atoms with Gasteiger partial charge in [0.25, 0.3) is 0 Å². The SMILES string of the molecule is CC(C)(C)c1noc(CNC(=O)N2CC(O)C2)n1. The lowest BCUT2D eigenvalue weighted by molar-refractivity contribution is 0.0263. The van der Waals surface area contributed by atoms with Gasteiger partial charge in [0.2, 0.25) is 5.89 Å². The molecule has 0 saturated carbocycles. The predicted octanol–water partition coefficient (Wildman–Crippen LogP) is 0.253. The number of carbonyl (C=O) groups is 1. The number of amides is 2. The van der Waals surface area contributed by atoms with E-state index in [0.717, 1.165) is 0 Å². The van der Waals surface area contributed by atoms with Crippen LogP contribution < -0.4 is 5.32 Å². The molecule has 2 rings (SSSR count). The maximum absolute atomic E-state index is 11.6. The van der Waals surface area contributed by atoms with Crippen molar-refractivity contribution in [2.45, 2.75) is 38.8 Å². The molecule has 1 aromatic heterocycles. The number of nitrogens with one attached hydrogen (secondary N) is 1. The van der Waals surface area contributed by atoms with Gasteiger partial charge in [-0.1, -0.05) is 25.9 Å². The third kappa shape index (κ3) is 2.79. The summed E-state index contributed by atoms with van der Waals surface area (Å²) in [7, 11) is 0. The Bertz CT molecular complexity index is 432. The highest BCUT2D eigenvalue weighted by Gasteiger charge is 2.29. The van der Waals surface area contributed by atoms with Gasteiger partial charge < -0.3 is 19.8 Å². The number of β-amino-alcohol motifs (C(OH)–C–C–N with tert-alkyl or cyclic N) is 1. The Morgan fingerprint density at radius 3 is 2.72 bits per heavy atom. The number of aliphatic hydroxyl groups is 1. The Labute approximate surface area is 105 Å². The summed E-state index contributed by atoms with van der Waals surface area (Å²) in [4.78, 5) is 17.3. The second-order valence-corrected chi connectivity index (χ2v) is 5.48. The molecule has 0 aromatic carbocycles. The molecule has 0 unspecified atom stereocenters. The van der Waals surface area contributed by atoms with E-state index in [1.165, 1.54) is 4.90 Å². The van der Waals surface area contributed by atoms with Crippen molar-refractivity contribution in [1.29, 1.82) is 0 Å². The fourth-order valence-electron chi connectivity index (χ4n) is 1.52. The minimum atomic E-state index is -0.397. The first-order valence-corrected chi connectivity index (χ1v) is 5.90. The molecule has 1 aliphatic heterocycles. The summed E-state index contributed by atoms with van der Waals surface area (Å²) in [5.41, 5.74) is -0.173. The van der Waals surface area contributed by atoms with E-state index < -0.39 is 6.10 Å². The zero-order valence-electron chi connectivity index (χ0n) is 10.8. The first-order valence-electron chi connectivity index (χ1n) is 5.90. The molecule has 0 bridgehead atoms. The summed E-state index contributed by atoms with van der Waals surface area (Å²) in [5.74, 6) is 1.00. The largest absolute Gasteiger partial charge is 0.389 e. The van der Waals surface area contributed by atoms with Gasteiger partial charge in [0.05, 0.1) is 25.7 Å². The molecule has 1 aliphatic rings. The number of aromatic nitrogens is 2. The van der Waals surface area contributed by atoms with E-state index >= 15 is 0 Å². The number of hydrogen-bond acceptors (Lipinski definition) is 5. The molecule has 2 N–H and O–H groups in total. The molecule has 0 atom stereocenters. The third-order valence-electron chi connectivity index (χ3n) is 2.68. The molecule has 18 heavy (non-hydrogen) atoms. The Hall–Kier alpha value is -1.63. The predicted molar refractivity (Wildman–Crippen MR) is 62.8 cm³/mol. The third-order valence-corrected chi connectivity index (χ3v) is 2.68. The summed E-state index contributed by atoms with van der Waals surface area (Å²) in [6.07, 6.45) is -0.397. The second kappa shape index (κ2) is 4.56. The molecule has 2 amide bonds. The van der Waals surface area contributed by atoms with Crippen molar-refractivity contribution in [2.75, 3.05) is 13.1 Å². The molecule has 7 nitrogen and oxygen atoms in total. The lowest BCUT2D eigenvalue weighted by Crippen LogP contribution is -2.56. The average molecular weight is 254 g/mol. The normalized spacial score (nSPS) is 16.6. The van der Waals surface area contributed by atoms with Gasteiger partial charge in [0.1, 0.15) is 0 Å². The van der Waals surface area contributed by atoms with Gasteiger partial charge in [0, 0.05) is 5.41 Å². The molecule has 1 saturated heterocycles. The highest BCUT2D eigenvalue weighted by Crippen LogP contribution is 2.18. The maximum Gasteiger partial charge on any atom is 0.318 e. The first-order chi connectivity index (χ1) is 8.36. The summed E-state index contributed by atoms with van der Waals surface area (Å²) in [6, 6.07) is -0.226. The van der Waals surface area contributed by atoms with Crippen LogP contribution in [0.2, 0.25) is 0 Å². The smallest absolute Gasteiger partial charge is 0.318 e. The minimum absolute atomic E-state index is 0.173. The van der Waals surface area contributed by atoms with Crippen LogP contribution in [0.4, 0.5) is 4.79 Å². The van der Waals surface area contributed by atoms with Gasteiger partial charge in [-0.05, 0) is 0 Å². The lowest BCUT2D eigenvalue weighted by Gasteiger charge is -2.35. The number of nitrogens with zero attached hydrogens (tertiary/aromatic N) is 3.